The van der Waals surface area contributed by atoms with E-state index in [9.17, 15) is 0 Å². The van der Waals surface area contributed by atoms with Gasteiger partial charge in [0.25, 0.3) is 0 Å². The lowest BCUT2D eigenvalue weighted by Gasteiger charge is -1.88. The predicted molar refractivity (Wildman–Crippen MR) is 59.4 cm³/mol. The van der Waals surface area contributed by atoms with Crippen molar-refractivity contribution in [1.82, 2.24) is 4.98 Å². The maximum absolute atomic E-state index is 5.36. The largest absolute Gasteiger partial charge is 0.441 e. The summed E-state index contributed by atoms with van der Waals surface area (Å²) in [5, 5.41) is 0.683. The minimum absolute atomic E-state index is 0.683. The summed E-state index contributed by atoms with van der Waals surface area (Å²) in [5.41, 5.74) is 2.64. The molecule has 0 fully saturated rings. The van der Waals surface area contributed by atoms with Gasteiger partial charge in [-0.05, 0) is 18.2 Å². The van der Waals surface area contributed by atoms with Crippen LogP contribution in [0.1, 0.15) is 11.5 Å². The summed E-state index contributed by atoms with van der Waals surface area (Å²) in [4.78, 5) is 4.24. The Kier molecular flexibility index (Phi) is 2.55. The van der Waals surface area contributed by atoms with Crippen molar-refractivity contribution in [2.75, 3.05) is 5.33 Å². The summed E-state index contributed by atoms with van der Waals surface area (Å²) in [5.74, 6) is 6.65. The molecule has 0 aliphatic heterocycles. The second kappa shape index (κ2) is 3.85. The van der Waals surface area contributed by atoms with Crippen molar-refractivity contribution in [2.24, 2.45) is 0 Å². The molecule has 3 heteroatoms. The highest BCUT2D eigenvalue weighted by Gasteiger charge is 2.01. The third-order valence-electron chi connectivity index (χ3n) is 1.79. The van der Waals surface area contributed by atoms with Gasteiger partial charge in [-0.3, -0.25) is 0 Å². The van der Waals surface area contributed by atoms with Gasteiger partial charge in [0.1, 0.15) is 5.52 Å². The number of alkyl halides is 1. The van der Waals surface area contributed by atoms with E-state index in [1.165, 1.54) is 0 Å². The number of fused-ring (bicyclic) bond motifs is 1. The van der Waals surface area contributed by atoms with Gasteiger partial charge in [-0.2, -0.15) is 0 Å². The average molecular weight is 250 g/mol. The molecule has 0 amide bonds. The smallest absolute Gasteiger partial charge is 0.192 e. The molecule has 1 aromatic carbocycles. The van der Waals surface area contributed by atoms with Gasteiger partial charge >= 0.3 is 0 Å². The van der Waals surface area contributed by atoms with Crippen molar-refractivity contribution in [1.29, 1.82) is 0 Å². The molecule has 1 heterocycles. The van der Waals surface area contributed by atoms with E-state index in [0.29, 0.717) is 11.2 Å². The molecule has 0 unspecified atom stereocenters. The third kappa shape index (κ3) is 1.80. The molecule has 2 rings (SSSR count). The van der Waals surface area contributed by atoms with Crippen LogP contribution in [0.25, 0.3) is 11.1 Å². The summed E-state index contributed by atoms with van der Waals surface area (Å²) < 4.78 is 5.36. The van der Waals surface area contributed by atoms with Crippen LogP contribution in [-0.2, 0) is 0 Å². The number of aromatic nitrogens is 1. The maximum Gasteiger partial charge on any atom is 0.192 e. The fourth-order valence-electron chi connectivity index (χ4n) is 1.26. The van der Waals surface area contributed by atoms with Crippen LogP contribution >= 0.6 is 15.9 Å². The van der Waals surface area contributed by atoms with Crippen LogP contribution in [0.2, 0.25) is 0 Å². The van der Waals surface area contributed by atoms with Gasteiger partial charge in [-0.1, -0.05) is 27.8 Å². The van der Waals surface area contributed by atoms with Crippen LogP contribution < -0.4 is 0 Å². The Morgan fingerprint density at radius 2 is 2.36 bits per heavy atom. The van der Waals surface area contributed by atoms with Crippen molar-refractivity contribution in [3.8, 4) is 11.8 Å². The monoisotopic (exact) mass is 249 g/mol. The summed E-state index contributed by atoms with van der Waals surface area (Å²) in [7, 11) is 0. The minimum atomic E-state index is 0.683. The van der Waals surface area contributed by atoms with Gasteiger partial charge in [0.15, 0.2) is 11.5 Å². The molecule has 1 aromatic heterocycles. The molecular weight excluding hydrogens is 242 g/mol. The Hall–Kier alpha value is -1.27. The Balaban J connectivity index is 2.50. The van der Waals surface area contributed by atoms with Crippen LogP contribution in [0.5, 0.6) is 0 Å². The lowest BCUT2D eigenvalue weighted by atomic mass is 10.2. The van der Waals surface area contributed by atoms with E-state index in [4.69, 9.17) is 4.42 Å². The quantitative estimate of drug-likeness (QED) is 0.530. The Morgan fingerprint density at radius 1 is 1.50 bits per heavy atom. The summed E-state index contributed by atoms with van der Waals surface area (Å²) in [6.45, 7) is 1.84. The van der Waals surface area contributed by atoms with E-state index < -0.39 is 0 Å². The Labute approximate surface area is 90.5 Å². The highest BCUT2D eigenvalue weighted by atomic mass is 79.9. The molecule has 0 N–H and O–H groups in total. The molecule has 14 heavy (non-hydrogen) atoms. The topological polar surface area (TPSA) is 26.0 Å². The fraction of sp³-hybridized carbons (Fsp3) is 0.182. The lowest BCUT2D eigenvalue weighted by Crippen LogP contribution is -1.75. The molecule has 2 aromatic rings. The zero-order chi connectivity index (χ0) is 9.97. The van der Waals surface area contributed by atoms with E-state index in [2.05, 4.69) is 32.8 Å². The number of halogens is 1. The summed E-state index contributed by atoms with van der Waals surface area (Å²) in [6.07, 6.45) is 0. The molecule has 0 atom stereocenters. The van der Waals surface area contributed by atoms with Gasteiger partial charge in [-0.25, -0.2) is 4.98 Å². The fourth-order valence-corrected chi connectivity index (χ4v) is 1.40. The van der Waals surface area contributed by atoms with Gasteiger partial charge in [0.05, 0.1) is 5.33 Å². The second-order valence-corrected chi connectivity index (χ2v) is 3.41. The van der Waals surface area contributed by atoms with E-state index in [1.807, 2.05) is 25.1 Å². The number of hydrogen-bond donors (Lipinski definition) is 0. The van der Waals surface area contributed by atoms with E-state index >= 15 is 0 Å². The van der Waals surface area contributed by atoms with Crippen molar-refractivity contribution >= 4 is 27.0 Å². The minimum Gasteiger partial charge on any atom is -0.441 e. The van der Waals surface area contributed by atoms with Crippen molar-refractivity contribution in [3.63, 3.8) is 0 Å². The van der Waals surface area contributed by atoms with Crippen LogP contribution in [0, 0.1) is 18.8 Å². The van der Waals surface area contributed by atoms with Gasteiger partial charge < -0.3 is 4.42 Å². The molecule has 0 aliphatic carbocycles. The zero-order valence-corrected chi connectivity index (χ0v) is 9.26. The number of oxazole rings is 1. The van der Waals surface area contributed by atoms with E-state index in [1.54, 1.807) is 0 Å². The van der Waals surface area contributed by atoms with Crippen LogP contribution in [0.3, 0.4) is 0 Å². The molecular formula is C11H8BrNO. The maximum atomic E-state index is 5.36. The first-order valence-corrected chi connectivity index (χ1v) is 5.34. The van der Waals surface area contributed by atoms with Crippen molar-refractivity contribution < 1.29 is 4.42 Å². The van der Waals surface area contributed by atoms with Crippen LogP contribution in [0.4, 0.5) is 0 Å². The molecule has 0 radical (unpaired) electrons. The third-order valence-corrected chi connectivity index (χ3v) is 2.07. The van der Waals surface area contributed by atoms with Gasteiger partial charge in [-0.15, -0.1) is 0 Å². The highest BCUT2D eigenvalue weighted by Crippen LogP contribution is 2.16. The number of nitrogens with zero attached hydrogens (tertiary/aromatic N) is 1. The Bertz CT molecular complexity index is 519. The van der Waals surface area contributed by atoms with Crippen LogP contribution in [-0.4, -0.2) is 10.3 Å². The first kappa shape index (κ1) is 9.29. The predicted octanol–water partition coefficient (Wildman–Crippen LogP) is 2.88. The zero-order valence-electron chi connectivity index (χ0n) is 7.67. The number of aryl methyl sites for hydroxylation is 1. The molecule has 2 nitrogen and oxygen atoms in total. The Morgan fingerprint density at radius 3 is 3.14 bits per heavy atom. The van der Waals surface area contributed by atoms with Crippen LogP contribution in [0.15, 0.2) is 22.6 Å². The summed E-state index contributed by atoms with van der Waals surface area (Å²) >= 11 is 3.25. The number of hydrogen-bond acceptors (Lipinski definition) is 2. The molecule has 0 saturated heterocycles. The normalized spacial score (nSPS) is 9.86. The molecule has 70 valence electrons. The SMILES string of the molecule is Cc1nc2cc(C#CCBr)ccc2o1. The first-order valence-electron chi connectivity index (χ1n) is 4.21. The first-order chi connectivity index (χ1) is 6.79. The van der Waals surface area contributed by atoms with Crippen molar-refractivity contribution in [2.45, 2.75) is 6.92 Å². The van der Waals surface area contributed by atoms with Gasteiger partial charge in [0.2, 0.25) is 0 Å². The second-order valence-electron chi connectivity index (χ2n) is 2.85. The molecule has 0 spiro atoms. The van der Waals surface area contributed by atoms with E-state index in [-0.39, 0.29) is 0 Å². The summed E-state index contributed by atoms with van der Waals surface area (Å²) in [6, 6.07) is 5.76. The lowest BCUT2D eigenvalue weighted by molar-refractivity contribution is 0.561. The van der Waals surface area contributed by atoms with E-state index in [0.717, 1.165) is 16.7 Å². The highest BCUT2D eigenvalue weighted by molar-refractivity contribution is 9.09. The molecule has 0 bridgehead atoms. The van der Waals surface area contributed by atoms with Crippen molar-refractivity contribution in [3.05, 3.63) is 29.7 Å². The average Bonchev–Trinajstić information content (AvgIpc) is 2.54. The number of benzene rings is 1. The molecule has 0 aliphatic rings. The standard InChI is InChI=1S/C11H8BrNO/c1-8-13-10-7-9(3-2-6-12)4-5-11(10)14-8/h4-5,7H,6H2,1H3. The molecule has 0 saturated carbocycles. The van der Waals surface area contributed by atoms with Gasteiger partial charge in [0, 0.05) is 12.5 Å². The number of rotatable bonds is 0.